The van der Waals surface area contributed by atoms with Gasteiger partial charge < -0.3 is 14.8 Å². The Morgan fingerprint density at radius 3 is 2.50 bits per heavy atom. The molecule has 3 nitrogen and oxygen atoms in total. The molecule has 0 aliphatic carbocycles. The van der Waals surface area contributed by atoms with E-state index in [0.717, 1.165) is 25.9 Å². The van der Waals surface area contributed by atoms with E-state index >= 15 is 0 Å². The first-order valence-corrected chi connectivity index (χ1v) is 6.23. The molecule has 2 rings (SSSR count). The molecule has 20 heavy (non-hydrogen) atoms. The van der Waals surface area contributed by atoms with Crippen molar-refractivity contribution in [2.75, 3.05) is 19.7 Å². The van der Waals surface area contributed by atoms with Gasteiger partial charge in [0.2, 0.25) is 0 Å². The Morgan fingerprint density at radius 2 is 1.90 bits per heavy atom. The lowest BCUT2D eigenvalue weighted by atomic mass is 10.0. The van der Waals surface area contributed by atoms with Crippen molar-refractivity contribution in [3.05, 3.63) is 24.3 Å². The van der Waals surface area contributed by atoms with Crippen LogP contribution in [-0.4, -0.2) is 26.1 Å². The second kappa shape index (κ2) is 7.59. The molecule has 0 radical (unpaired) electrons. The second-order valence-electron chi connectivity index (χ2n) is 4.52. The van der Waals surface area contributed by atoms with Crippen LogP contribution in [-0.2, 0) is 0 Å². The SMILES string of the molecule is Cl.FC(F)(F)Oc1ccccc1OCC1CCCNC1. The van der Waals surface area contributed by atoms with E-state index in [0.29, 0.717) is 12.5 Å². The zero-order valence-corrected chi connectivity index (χ0v) is 11.6. The molecule has 0 spiro atoms. The third kappa shape index (κ3) is 5.46. The highest BCUT2D eigenvalue weighted by molar-refractivity contribution is 5.85. The average Bonchev–Trinajstić information content (AvgIpc) is 2.37. The van der Waals surface area contributed by atoms with Crippen LogP contribution < -0.4 is 14.8 Å². The maximum atomic E-state index is 12.2. The Bertz CT molecular complexity index is 409. The van der Waals surface area contributed by atoms with Crippen molar-refractivity contribution in [2.45, 2.75) is 19.2 Å². The molecule has 1 aromatic rings. The number of ether oxygens (including phenoxy) is 2. The number of halogens is 4. The van der Waals surface area contributed by atoms with Crippen LogP contribution in [0.15, 0.2) is 24.3 Å². The summed E-state index contributed by atoms with van der Waals surface area (Å²) in [5.41, 5.74) is 0. The number of hydrogen-bond donors (Lipinski definition) is 1. The first-order chi connectivity index (χ1) is 9.04. The van der Waals surface area contributed by atoms with Gasteiger partial charge in [-0.15, -0.1) is 25.6 Å². The largest absolute Gasteiger partial charge is 0.573 e. The Kier molecular flexibility index (Phi) is 6.42. The molecule has 0 saturated carbocycles. The highest BCUT2D eigenvalue weighted by Gasteiger charge is 2.32. The van der Waals surface area contributed by atoms with Crippen LogP contribution in [0.4, 0.5) is 13.2 Å². The van der Waals surface area contributed by atoms with Crippen molar-refractivity contribution in [3.63, 3.8) is 0 Å². The third-order valence-corrected chi connectivity index (χ3v) is 2.95. The molecule has 1 heterocycles. The fourth-order valence-electron chi connectivity index (χ4n) is 2.05. The zero-order valence-electron chi connectivity index (χ0n) is 10.8. The van der Waals surface area contributed by atoms with Gasteiger partial charge >= 0.3 is 6.36 Å². The lowest BCUT2D eigenvalue weighted by Gasteiger charge is -2.23. The van der Waals surface area contributed by atoms with E-state index in [1.807, 2.05) is 0 Å². The summed E-state index contributed by atoms with van der Waals surface area (Å²) in [7, 11) is 0. The number of hydrogen-bond acceptors (Lipinski definition) is 3. The Morgan fingerprint density at radius 1 is 1.20 bits per heavy atom. The third-order valence-electron chi connectivity index (χ3n) is 2.95. The summed E-state index contributed by atoms with van der Waals surface area (Å²) in [6, 6.07) is 5.84. The van der Waals surface area contributed by atoms with Crippen LogP contribution in [0.25, 0.3) is 0 Å². The van der Waals surface area contributed by atoms with Gasteiger partial charge in [-0.05, 0) is 31.5 Å². The molecular formula is C13H17ClF3NO2. The van der Waals surface area contributed by atoms with Crippen LogP contribution in [0.3, 0.4) is 0 Å². The number of rotatable bonds is 4. The summed E-state index contributed by atoms with van der Waals surface area (Å²) >= 11 is 0. The van der Waals surface area contributed by atoms with E-state index < -0.39 is 6.36 Å². The lowest BCUT2D eigenvalue weighted by molar-refractivity contribution is -0.275. The van der Waals surface area contributed by atoms with E-state index in [-0.39, 0.29) is 23.9 Å². The molecule has 1 aromatic carbocycles. The van der Waals surface area contributed by atoms with Crippen LogP contribution >= 0.6 is 12.4 Å². The van der Waals surface area contributed by atoms with Gasteiger partial charge in [-0.3, -0.25) is 0 Å². The molecule has 1 aliphatic heterocycles. The van der Waals surface area contributed by atoms with Gasteiger partial charge in [-0.1, -0.05) is 12.1 Å². The molecule has 0 bridgehead atoms. The maximum Gasteiger partial charge on any atom is 0.573 e. The van der Waals surface area contributed by atoms with Crippen molar-refractivity contribution in [2.24, 2.45) is 5.92 Å². The van der Waals surface area contributed by atoms with Gasteiger partial charge in [0.1, 0.15) is 0 Å². The highest BCUT2D eigenvalue weighted by atomic mass is 35.5. The molecule has 1 N–H and O–H groups in total. The van der Waals surface area contributed by atoms with Gasteiger partial charge in [0, 0.05) is 12.5 Å². The molecule has 1 atom stereocenters. The topological polar surface area (TPSA) is 30.5 Å². The number of benzene rings is 1. The van der Waals surface area contributed by atoms with Crippen molar-refractivity contribution >= 4 is 12.4 Å². The minimum Gasteiger partial charge on any atom is -0.489 e. The Balaban J connectivity index is 0.00000200. The molecule has 1 saturated heterocycles. The number of piperidine rings is 1. The zero-order chi connectivity index (χ0) is 13.7. The summed E-state index contributed by atoms with van der Waals surface area (Å²) in [5, 5.41) is 3.23. The minimum absolute atomic E-state index is 0. The Labute approximate surface area is 121 Å². The lowest BCUT2D eigenvalue weighted by Crippen LogP contribution is -2.33. The molecule has 114 valence electrons. The average molecular weight is 312 g/mol. The molecular weight excluding hydrogens is 295 g/mol. The second-order valence-corrected chi connectivity index (χ2v) is 4.52. The quantitative estimate of drug-likeness (QED) is 0.924. The van der Waals surface area contributed by atoms with E-state index in [1.54, 1.807) is 6.07 Å². The number of para-hydroxylation sites is 2. The maximum absolute atomic E-state index is 12.2. The monoisotopic (exact) mass is 311 g/mol. The van der Waals surface area contributed by atoms with Crippen LogP contribution in [0.5, 0.6) is 11.5 Å². The molecule has 1 unspecified atom stereocenters. The molecule has 7 heteroatoms. The van der Waals surface area contributed by atoms with Crippen molar-refractivity contribution in [1.29, 1.82) is 0 Å². The summed E-state index contributed by atoms with van der Waals surface area (Å²) in [6.07, 6.45) is -2.62. The summed E-state index contributed by atoms with van der Waals surface area (Å²) in [6.45, 7) is 2.22. The summed E-state index contributed by atoms with van der Waals surface area (Å²) in [4.78, 5) is 0. The first kappa shape index (κ1) is 16.9. The molecule has 0 amide bonds. The first-order valence-electron chi connectivity index (χ1n) is 6.23. The number of alkyl halides is 3. The highest BCUT2D eigenvalue weighted by Crippen LogP contribution is 2.32. The van der Waals surface area contributed by atoms with Crippen molar-refractivity contribution in [1.82, 2.24) is 5.32 Å². The molecule has 1 aliphatic rings. The van der Waals surface area contributed by atoms with Crippen molar-refractivity contribution < 1.29 is 22.6 Å². The van der Waals surface area contributed by atoms with Gasteiger partial charge in [-0.2, -0.15) is 0 Å². The summed E-state index contributed by atoms with van der Waals surface area (Å²) < 4.78 is 46.1. The van der Waals surface area contributed by atoms with Crippen molar-refractivity contribution in [3.8, 4) is 11.5 Å². The van der Waals surface area contributed by atoms with E-state index in [1.165, 1.54) is 18.2 Å². The van der Waals surface area contributed by atoms with Gasteiger partial charge in [-0.25, -0.2) is 0 Å². The Hall–Kier alpha value is -1.14. The fourth-order valence-corrected chi connectivity index (χ4v) is 2.05. The fraction of sp³-hybridized carbons (Fsp3) is 0.538. The smallest absolute Gasteiger partial charge is 0.489 e. The van der Waals surface area contributed by atoms with Crippen LogP contribution in [0, 0.1) is 5.92 Å². The van der Waals surface area contributed by atoms with Gasteiger partial charge in [0.25, 0.3) is 0 Å². The van der Waals surface area contributed by atoms with E-state index in [2.05, 4.69) is 10.1 Å². The van der Waals surface area contributed by atoms with Crippen LogP contribution in [0.2, 0.25) is 0 Å². The standard InChI is InChI=1S/C13H16F3NO2.ClH/c14-13(15,16)19-12-6-2-1-5-11(12)18-9-10-4-3-7-17-8-10;/h1-2,5-6,10,17H,3-4,7-9H2;1H. The van der Waals surface area contributed by atoms with Crippen LogP contribution in [0.1, 0.15) is 12.8 Å². The normalized spacial score (nSPS) is 19.1. The minimum atomic E-state index is -4.70. The predicted octanol–water partition coefficient (Wildman–Crippen LogP) is 3.39. The van der Waals surface area contributed by atoms with E-state index in [9.17, 15) is 13.2 Å². The van der Waals surface area contributed by atoms with Gasteiger partial charge in [0.15, 0.2) is 11.5 Å². The molecule has 1 fully saturated rings. The van der Waals surface area contributed by atoms with Gasteiger partial charge in [0.05, 0.1) is 6.61 Å². The van der Waals surface area contributed by atoms with E-state index in [4.69, 9.17) is 4.74 Å². The summed E-state index contributed by atoms with van der Waals surface area (Å²) in [5.74, 6) is 0.164. The number of nitrogens with one attached hydrogen (secondary N) is 1. The molecule has 0 aromatic heterocycles. The predicted molar refractivity (Wildman–Crippen MR) is 71.5 cm³/mol.